The van der Waals surface area contributed by atoms with Crippen LogP contribution >= 0.6 is 11.3 Å². The summed E-state index contributed by atoms with van der Waals surface area (Å²) in [5.41, 5.74) is 12.6. The Labute approximate surface area is 875 Å². The van der Waals surface area contributed by atoms with Crippen molar-refractivity contribution in [2.24, 2.45) is 23.7 Å². The third-order valence-electron chi connectivity index (χ3n) is 30.7. The van der Waals surface area contributed by atoms with Gasteiger partial charge in [-0.15, -0.1) is 11.3 Å². The van der Waals surface area contributed by atoms with E-state index in [-0.39, 0.29) is 94.4 Å². The summed E-state index contributed by atoms with van der Waals surface area (Å²) in [5.74, 6) is 1.86. The number of fused-ring (bicyclic) bond motifs is 4. The predicted molar refractivity (Wildman–Crippen MR) is 571 cm³/mol. The predicted octanol–water partition coefficient (Wildman–Crippen LogP) is 21.1. The smallest absolute Gasteiger partial charge is 0.317 e. The summed E-state index contributed by atoms with van der Waals surface area (Å²) in [5, 5.41) is 45.5. The zero-order chi connectivity index (χ0) is 105. The first-order chi connectivity index (χ1) is 72.9. The van der Waals surface area contributed by atoms with Gasteiger partial charge in [-0.1, -0.05) is 146 Å². The summed E-state index contributed by atoms with van der Waals surface area (Å²) in [7, 11) is 0. The van der Waals surface area contributed by atoms with E-state index in [2.05, 4.69) is 49.9 Å². The molecule has 4 saturated carbocycles. The summed E-state index contributed by atoms with van der Waals surface area (Å²) in [6.07, 6.45) is 30.4. The standard InChI is InChI=1S/C33H31N5O2.C29H33N5O3S.2C27H33N5O4/c1-22(31(39)26-8-3-2-4-9-26)28-14-15-30-29(19-28)36-33(37-32(40)27-12-10-24(20-34)11-13-27)38(30)17-16-23-6-5-7-25(18-23)21-35;1-19(27(36)20-7-3-2-4-8-20)21-10-12-24-23(17-21)31-29(32-28(37)25-13-11-22(18-30)38-25)34(24)16-6-15-33-14-5-9-26(33)35;1-18(25(34)19-7-3-2-4-8-19)20-10-11-22-21(17-20)29-27(30-26(35)23-12-13-28-36-23)32(22)16-6-15-31-14-5-9-24(31)33;1-18(24(33)19-7-3-2-4-8-19)20-10-11-22-21(17-20)29-26(30-25(34)23-9-5-16-36-23)32(22)14-6-13-31-15-12-28-27(31)35/h5-7,10-15,18-19,22,26H,2-4,8-9,16-17H2,1H3,(H,36,37,40);10-13,17,19-20H,2-9,14-16H2,1H3,(H,31,32,37);10-13,17-19H,2-9,14-16H2,1H3,(H,29,30,35);5,9-11,16-19H,2-4,6-8,12-15H2,1H3,(H,28,35)(H,29,30,34). The van der Waals surface area contributed by atoms with Crippen molar-refractivity contribution in [1.29, 1.82) is 15.8 Å². The highest BCUT2D eigenvalue weighted by molar-refractivity contribution is 7.14. The second-order valence-electron chi connectivity index (χ2n) is 40.6. The fraction of sp³-hybridized carbons (Fsp3) is 0.440. The Morgan fingerprint density at radius 1 is 0.400 bits per heavy atom. The molecule has 33 nitrogen and oxygen atoms in total. The van der Waals surface area contributed by atoms with E-state index in [9.17, 15) is 58.0 Å². The number of benzene rings is 6. The highest BCUT2D eigenvalue weighted by atomic mass is 32.1. The summed E-state index contributed by atoms with van der Waals surface area (Å²) < 4.78 is 18.1. The molecule has 7 fully saturated rings. The van der Waals surface area contributed by atoms with Crippen LogP contribution in [0.3, 0.4) is 0 Å². The first-order valence-corrected chi connectivity index (χ1v) is 54.2. The zero-order valence-electron chi connectivity index (χ0n) is 85.7. The average molecular weight is 2040 g/mol. The first kappa shape index (κ1) is 106. The normalized spacial score (nSPS) is 16.5. The number of imidazole rings is 4. The summed E-state index contributed by atoms with van der Waals surface area (Å²) in [6, 6.07) is 52.0. The Morgan fingerprint density at radius 2 is 0.807 bits per heavy atom. The number of Topliss-reactive ketones (excluding diaryl/α,β-unsaturated/α-hetero) is 4. The van der Waals surface area contributed by atoms with Crippen molar-refractivity contribution in [3.63, 3.8) is 0 Å². The molecule has 5 N–H and O–H groups in total. The second-order valence-corrected chi connectivity index (χ2v) is 41.7. The number of nitriles is 3. The van der Waals surface area contributed by atoms with Crippen LogP contribution in [0.25, 0.3) is 44.1 Å². The minimum atomic E-state index is -0.431. The number of nitrogens with zero attached hydrogens (tertiary/aromatic N) is 15. The first-order valence-electron chi connectivity index (χ1n) is 53.4. The Bertz CT molecular complexity index is 7010. The van der Waals surface area contributed by atoms with Gasteiger partial charge in [0.05, 0.1) is 84.7 Å². The van der Waals surface area contributed by atoms with E-state index in [1.165, 1.54) is 44.2 Å². The molecule has 8 amide bonds. The number of likely N-dealkylation sites (tertiary alicyclic amines) is 2. The van der Waals surface area contributed by atoms with Crippen molar-refractivity contribution in [3.05, 3.63) is 230 Å². The van der Waals surface area contributed by atoms with E-state index in [0.29, 0.717) is 163 Å². The molecule has 20 rings (SSSR count). The lowest BCUT2D eigenvalue weighted by molar-refractivity contribution is -0.128. The topological polar surface area (TPSA) is 439 Å². The third kappa shape index (κ3) is 25.8. The molecule has 0 bridgehead atoms. The van der Waals surface area contributed by atoms with Crippen LogP contribution in [-0.4, -0.2) is 168 Å². The van der Waals surface area contributed by atoms with Crippen LogP contribution in [0.2, 0.25) is 0 Å². The molecule has 778 valence electrons. The number of thiophene rings is 1. The minimum Gasteiger partial charge on any atom is -0.459 e. The maximum atomic E-state index is 13.2. The van der Waals surface area contributed by atoms with Gasteiger partial charge < -0.3 is 47.2 Å². The van der Waals surface area contributed by atoms with Crippen molar-refractivity contribution < 1.29 is 61.7 Å². The van der Waals surface area contributed by atoms with Gasteiger partial charge in [-0.25, -0.2) is 24.7 Å². The van der Waals surface area contributed by atoms with Gasteiger partial charge in [0.15, 0.2) is 5.76 Å². The number of furan rings is 1. The second kappa shape index (κ2) is 50.1. The Balaban J connectivity index is 0.000000136. The lowest BCUT2D eigenvalue weighted by Gasteiger charge is -2.23. The number of anilines is 4. The molecule has 4 atom stereocenters. The van der Waals surface area contributed by atoms with Gasteiger partial charge in [0.1, 0.15) is 34.1 Å². The Hall–Kier alpha value is -15.4. The van der Waals surface area contributed by atoms with E-state index in [0.717, 1.165) is 219 Å². The quantitative estimate of drug-likeness (QED) is 0.0246. The highest BCUT2D eigenvalue weighted by Crippen LogP contribution is 2.40. The van der Waals surface area contributed by atoms with Crippen molar-refractivity contribution in [3.8, 4) is 18.2 Å². The lowest BCUT2D eigenvalue weighted by Crippen LogP contribution is -2.29. The molecule has 4 aliphatic carbocycles. The maximum absolute atomic E-state index is 13.2. The SMILES string of the molecule is CC(C(=O)C1CCCCC1)c1ccc2c(c1)nc(NC(=O)c1ccc(C#N)cc1)n2CCc1cccc(C#N)c1.CC(C(=O)C1CCCCC1)c1ccc2c(c1)nc(NC(=O)c1ccc(C#N)s1)n2CCCN1CCCC1=O.CC(C(=O)C1CCCCC1)c1ccc2c(c1)nc(NC(=O)c1ccco1)n2CCCN1CCNC1=O.CC(C(=O)C1CCCCC1)c1ccc2c(c1)nc(NC(=O)c1ccno1)n2CCCN1CCCC1=O. The van der Waals surface area contributed by atoms with Gasteiger partial charge in [0.25, 0.3) is 23.6 Å². The molecule has 0 radical (unpaired) electrons. The van der Waals surface area contributed by atoms with Crippen LogP contribution in [0.15, 0.2) is 173 Å². The number of hydrogen-bond acceptors (Lipinski definition) is 22. The molecule has 4 unspecified atom stereocenters. The maximum Gasteiger partial charge on any atom is 0.317 e. The summed E-state index contributed by atoms with van der Waals surface area (Å²) in [6.45, 7) is 15.1. The molecule has 13 aromatic rings. The molecule has 10 heterocycles. The molecule has 3 saturated heterocycles. The number of ketones is 4. The van der Waals surface area contributed by atoms with Gasteiger partial charge in [-0.2, -0.15) is 15.8 Å². The Morgan fingerprint density at radius 3 is 1.17 bits per heavy atom. The number of aryl methyl sites for hydroxylation is 5. The van der Waals surface area contributed by atoms with Crippen LogP contribution in [0, 0.1) is 57.7 Å². The van der Waals surface area contributed by atoms with E-state index >= 15 is 0 Å². The number of rotatable bonds is 35. The van der Waals surface area contributed by atoms with Gasteiger partial charge in [-0.05, 0) is 227 Å². The van der Waals surface area contributed by atoms with Crippen molar-refractivity contribution in [2.45, 2.75) is 257 Å². The molecule has 34 heteroatoms. The lowest BCUT2D eigenvalue weighted by atomic mass is 9.80. The number of aromatic nitrogens is 9. The third-order valence-corrected chi connectivity index (χ3v) is 31.7. The van der Waals surface area contributed by atoms with Gasteiger partial charge in [0, 0.05) is 144 Å². The van der Waals surface area contributed by atoms with Gasteiger partial charge >= 0.3 is 6.03 Å². The molecule has 7 aliphatic rings. The Kier molecular flexibility index (Phi) is 35.4. The number of carbonyl (C=O) groups excluding carboxylic acids is 11. The molecule has 7 aromatic heterocycles. The molecule has 150 heavy (non-hydrogen) atoms. The van der Waals surface area contributed by atoms with E-state index in [4.69, 9.17) is 39.4 Å². The van der Waals surface area contributed by atoms with E-state index < -0.39 is 5.91 Å². The van der Waals surface area contributed by atoms with E-state index in [1.54, 1.807) is 59.5 Å². The number of nitrogens with one attached hydrogen (secondary N) is 5. The molecular weight excluding hydrogens is 1910 g/mol. The largest absolute Gasteiger partial charge is 0.459 e. The summed E-state index contributed by atoms with van der Waals surface area (Å²) in [4.78, 5) is 166. The monoisotopic (exact) mass is 2040 g/mol. The van der Waals surface area contributed by atoms with Crippen LogP contribution in [-0.2, 0) is 61.4 Å². The highest BCUT2D eigenvalue weighted by Gasteiger charge is 2.35. The number of hydrogen-bond donors (Lipinski definition) is 5. The molecule has 6 aromatic carbocycles. The fourth-order valence-corrected chi connectivity index (χ4v) is 22.8. The van der Waals surface area contributed by atoms with Gasteiger partial charge in [0.2, 0.25) is 41.4 Å². The van der Waals surface area contributed by atoms with Crippen molar-refractivity contribution in [2.75, 3.05) is 67.1 Å². The number of carbonyl (C=O) groups is 11. The number of urea groups is 1. The van der Waals surface area contributed by atoms with E-state index in [1.807, 2.05) is 147 Å². The average Bonchev–Trinajstić information content (AvgIpc) is 1.64. The minimum absolute atomic E-state index is 0.0434. The van der Waals surface area contributed by atoms with Gasteiger partial charge in [-0.3, -0.25) is 69.2 Å². The summed E-state index contributed by atoms with van der Waals surface area (Å²) >= 11 is 1.14. The van der Waals surface area contributed by atoms with Crippen LogP contribution in [0.5, 0.6) is 0 Å². The van der Waals surface area contributed by atoms with Crippen LogP contribution < -0.4 is 26.6 Å². The van der Waals surface area contributed by atoms with Crippen molar-refractivity contribution in [1.82, 2.24) is 63.4 Å². The number of amides is 8. The zero-order valence-corrected chi connectivity index (χ0v) is 86.5. The van der Waals surface area contributed by atoms with Crippen molar-refractivity contribution >= 4 is 144 Å². The molecule has 3 aliphatic heterocycles. The molecular formula is C116H130N20O13S. The molecule has 0 spiro atoms. The van der Waals surface area contributed by atoms with Crippen LogP contribution in [0.4, 0.5) is 28.6 Å². The fourth-order valence-electron chi connectivity index (χ4n) is 22.1. The van der Waals surface area contributed by atoms with Crippen LogP contribution in [0.1, 0.15) is 310 Å².